The van der Waals surface area contributed by atoms with Crippen LogP contribution in [0.25, 0.3) is 10.9 Å². The molecule has 2 aromatic carbocycles. The van der Waals surface area contributed by atoms with Gasteiger partial charge in [0.15, 0.2) is 0 Å². The van der Waals surface area contributed by atoms with Crippen LogP contribution in [0, 0.1) is 0 Å². The summed E-state index contributed by atoms with van der Waals surface area (Å²) >= 11 is 0. The second-order valence-electron chi connectivity index (χ2n) is 6.66. The van der Waals surface area contributed by atoms with Crippen LogP contribution >= 0.6 is 0 Å². The van der Waals surface area contributed by atoms with E-state index in [4.69, 9.17) is 4.74 Å². The van der Waals surface area contributed by atoms with Gasteiger partial charge in [-0.25, -0.2) is 4.98 Å². The van der Waals surface area contributed by atoms with Crippen molar-refractivity contribution in [3.05, 3.63) is 70.3 Å². The largest absolute Gasteiger partial charge is 0.494 e. The Kier molecular flexibility index (Phi) is 4.71. The average molecular weight is 349 g/mol. The van der Waals surface area contributed by atoms with Gasteiger partial charge in [-0.15, -0.1) is 0 Å². The highest BCUT2D eigenvalue weighted by Gasteiger charge is 2.26. The number of benzene rings is 2. The van der Waals surface area contributed by atoms with Crippen LogP contribution in [0.15, 0.2) is 53.3 Å². The van der Waals surface area contributed by atoms with Crippen molar-refractivity contribution in [3.8, 4) is 5.75 Å². The van der Waals surface area contributed by atoms with Crippen LogP contribution in [0.1, 0.15) is 37.2 Å². The molecule has 1 aliphatic rings. The van der Waals surface area contributed by atoms with Gasteiger partial charge in [0.25, 0.3) is 5.56 Å². The van der Waals surface area contributed by atoms with Gasteiger partial charge in [-0.3, -0.25) is 9.69 Å². The Bertz CT molecular complexity index is 949. The van der Waals surface area contributed by atoms with E-state index in [1.54, 1.807) is 0 Å². The molecule has 0 bridgehead atoms. The minimum atomic E-state index is -0.0672. The third-order valence-corrected chi connectivity index (χ3v) is 4.95. The first-order valence-electron chi connectivity index (χ1n) is 9.19. The van der Waals surface area contributed by atoms with Gasteiger partial charge in [-0.05, 0) is 56.1 Å². The highest BCUT2D eigenvalue weighted by molar-refractivity contribution is 5.77. The van der Waals surface area contributed by atoms with Crippen LogP contribution in [0.5, 0.6) is 5.75 Å². The maximum atomic E-state index is 12.3. The molecule has 0 amide bonds. The van der Waals surface area contributed by atoms with Gasteiger partial charge >= 0.3 is 0 Å². The summed E-state index contributed by atoms with van der Waals surface area (Å²) in [5.41, 5.74) is 1.97. The van der Waals surface area contributed by atoms with Crippen molar-refractivity contribution < 1.29 is 4.74 Å². The molecular weight excluding hydrogens is 326 g/mol. The first-order valence-corrected chi connectivity index (χ1v) is 9.19. The topological polar surface area (TPSA) is 58.2 Å². The number of ether oxygens (including phenoxy) is 1. The first-order chi connectivity index (χ1) is 12.7. The number of rotatable bonds is 5. The van der Waals surface area contributed by atoms with E-state index in [9.17, 15) is 4.79 Å². The fourth-order valence-corrected chi connectivity index (χ4v) is 3.75. The average Bonchev–Trinajstić information content (AvgIpc) is 3.11. The molecule has 26 heavy (non-hydrogen) atoms. The summed E-state index contributed by atoms with van der Waals surface area (Å²) in [6, 6.07) is 16.2. The summed E-state index contributed by atoms with van der Waals surface area (Å²) in [5.74, 6) is 1.63. The summed E-state index contributed by atoms with van der Waals surface area (Å²) in [4.78, 5) is 22.3. The van der Waals surface area contributed by atoms with E-state index in [2.05, 4.69) is 27.0 Å². The summed E-state index contributed by atoms with van der Waals surface area (Å²) in [7, 11) is 0. The number of hydrogen-bond donors (Lipinski definition) is 1. The van der Waals surface area contributed by atoms with E-state index >= 15 is 0 Å². The Morgan fingerprint density at radius 2 is 2.00 bits per heavy atom. The fraction of sp³-hybridized carbons (Fsp3) is 0.333. The van der Waals surface area contributed by atoms with Crippen LogP contribution in [0.2, 0.25) is 0 Å². The first kappa shape index (κ1) is 16.8. The van der Waals surface area contributed by atoms with E-state index < -0.39 is 0 Å². The van der Waals surface area contributed by atoms with Crippen LogP contribution in [-0.2, 0) is 6.54 Å². The number of hydrogen-bond acceptors (Lipinski definition) is 4. The molecule has 0 aliphatic carbocycles. The van der Waals surface area contributed by atoms with Gasteiger partial charge in [-0.1, -0.05) is 24.3 Å². The number of aromatic nitrogens is 2. The van der Waals surface area contributed by atoms with Crippen molar-refractivity contribution >= 4 is 10.9 Å². The van der Waals surface area contributed by atoms with Gasteiger partial charge in [0.2, 0.25) is 0 Å². The lowest BCUT2D eigenvalue weighted by Crippen LogP contribution is -2.25. The Labute approximate surface area is 152 Å². The highest BCUT2D eigenvalue weighted by Crippen LogP contribution is 2.33. The molecule has 134 valence electrons. The van der Waals surface area contributed by atoms with Crippen LogP contribution in [-0.4, -0.2) is 28.0 Å². The molecule has 1 saturated heterocycles. The second-order valence-corrected chi connectivity index (χ2v) is 6.66. The summed E-state index contributed by atoms with van der Waals surface area (Å²) in [5, 5.41) is 0.640. The molecule has 4 rings (SSSR count). The van der Waals surface area contributed by atoms with E-state index in [0.29, 0.717) is 24.6 Å². The molecular formula is C21H23N3O2. The monoisotopic (exact) mass is 349 g/mol. The molecule has 1 unspecified atom stereocenters. The van der Waals surface area contributed by atoms with Gasteiger partial charge in [0.1, 0.15) is 11.6 Å². The maximum absolute atomic E-state index is 12.3. The number of H-pyrrole nitrogens is 1. The van der Waals surface area contributed by atoms with Crippen LogP contribution in [0.4, 0.5) is 0 Å². The molecule has 1 aromatic heterocycles. The number of nitrogens with one attached hydrogen (secondary N) is 1. The van der Waals surface area contributed by atoms with Crippen molar-refractivity contribution in [1.82, 2.24) is 14.9 Å². The third kappa shape index (κ3) is 3.35. The Morgan fingerprint density at radius 1 is 1.19 bits per heavy atom. The van der Waals surface area contributed by atoms with Crippen molar-refractivity contribution in [2.24, 2.45) is 0 Å². The number of likely N-dealkylation sites (tertiary alicyclic amines) is 1. The molecule has 0 spiro atoms. The summed E-state index contributed by atoms with van der Waals surface area (Å²) in [6.07, 6.45) is 2.27. The number of nitrogens with zero attached hydrogens (tertiary/aromatic N) is 2. The molecule has 1 fully saturated rings. The predicted octanol–water partition coefficient (Wildman–Crippen LogP) is 3.66. The molecule has 1 N–H and O–H groups in total. The lowest BCUT2D eigenvalue weighted by atomic mass is 10.0. The van der Waals surface area contributed by atoms with E-state index in [1.807, 2.05) is 43.3 Å². The van der Waals surface area contributed by atoms with E-state index in [0.717, 1.165) is 36.5 Å². The smallest absolute Gasteiger partial charge is 0.258 e. The quantitative estimate of drug-likeness (QED) is 0.764. The van der Waals surface area contributed by atoms with Crippen LogP contribution < -0.4 is 10.3 Å². The molecule has 0 saturated carbocycles. The zero-order valence-electron chi connectivity index (χ0n) is 14.9. The Balaban J connectivity index is 1.56. The number of para-hydroxylation sites is 1. The standard InChI is InChI=1S/C21H23N3O2/c1-2-26-16-11-9-15(10-12-16)19-8-5-13-24(19)14-20-22-18-7-4-3-6-17(18)21(25)23-20/h3-4,6-7,9-12,19H,2,5,8,13-14H2,1H3,(H,22,23,25). The molecule has 1 aliphatic heterocycles. The molecule has 5 heteroatoms. The summed E-state index contributed by atoms with van der Waals surface area (Å²) < 4.78 is 5.54. The SMILES string of the molecule is CCOc1ccc(C2CCCN2Cc2nc3ccccc3c(=O)[nH]2)cc1. The Morgan fingerprint density at radius 3 is 2.81 bits per heavy atom. The number of fused-ring (bicyclic) bond motifs is 1. The lowest BCUT2D eigenvalue weighted by Gasteiger charge is -2.24. The molecule has 3 aromatic rings. The predicted molar refractivity (Wildman–Crippen MR) is 102 cm³/mol. The highest BCUT2D eigenvalue weighted by atomic mass is 16.5. The van der Waals surface area contributed by atoms with Gasteiger partial charge in [0.05, 0.1) is 24.1 Å². The fourth-order valence-electron chi connectivity index (χ4n) is 3.75. The second kappa shape index (κ2) is 7.30. The minimum absolute atomic E-state index is 0.0672. The van der Waals surface area contributed by atoms with Gasteiger partial charge < -0.3 is 9.72 Å². The number of aromatic amines is 1. The van der Waals surface area contributed by atoms with Crippen molar-refractivity contribution in [2.75, 3.05) is 13.2 Å². The lowest BCUT2D eigenvalue weighted by molar-refractivity contribution is 0.242. The molecule has 1 atom stereocenters. The zero-order chi connectivity index (χ0) is 17.9. The van der Waals surface area contributed by atoms with Crippen molar-refractivity contribution in [1.29, 1.82) is 0 Å². The Hall–Kier alpha value is -2.66. The molecule has 2 heterocycles. The van der Waals surface area contributed by atoms with Crippen molar-refractivity contribution in [2.45, 2.75) is 32.4 Å². The van der Waals surface area contributed by atoms with Crippen molar-refractivity contribution in [3.63, 3.8) is 0 Å². The normalized spacial score (nSPS) is 17.7. The van der Waals surface area contributed by atoms with Gasteiger partial charge in [-0.2, -0.15) is 0 Å². The summed E-state index contributed by atoms with van der Waals surface area (Å²) in [6.45, 7) is 4.33. The molecule has 0 radical (unpaired) electrons. The zero-order valence-corrected chi connectivity index (χ0v) is 14.9. The van der Waals surface area contributed by atoms with Crippen LogP contribution in [0.3, 0.4) is 0 Å². The molecule has 5 nitrogen and oxygen atoms in total. The minimum Gasteiger partial charge on any atom is -0.494 e. The van der Waals surface area contributed by atoms with E-state index in [-0.39, 0.29) is 5.56 Å². The maximum Gasteiger partial charge on any atom is 0.258 e. The third-order valence-electron chi connectivity index (χ3n) is 4.95. The van der Waals surface area contributed by atoms with Gasteiger partial charge in [0, 0.05) is 6.04 Å². The van der Waals surface area contributed by atoms with E-state index in [1.165, 1.54) is 5.56 Å².